The second-order valence-electron chi connectivity index (χ2n) is 6.21. The van der Waals surface area contributed by atoms with Crippen LogP contribution in [0.1, 0.15) is 15.9 Å². The van der Waals surface area contributed by atoms with Crippen molar-refractivity contribution in [3.63, 3.8) is 0 Å². The third-order valence-electron chi connectivity index (χ3n) is 4.18. The molecule has 1 aliphatic rings. The predicted molar refractivity (Wildman–Crippen MR) is 102 cm³/mol. The number of nitrogens with zero attached hydrogens (tertiary/aromatic N) is 3. The van der Waals surface area contributed by atoms with E-state index < -0.39 is 5.97 Å². The molecule has 3 rings (SSSR count). The quantitative estimate of drug-likeness (QED) is 0.797. The molecule has 0 aliphatic carbocycles. The van der Waals surface area contributed by atoms with E-state index in [0.29, 0.717) is 0 Å². The standard InChI is InChI=1S/C18H22N4O2S/c1-13-4-3-5-15(10-13)25-20-16-11-14(18(23)24)12-19-17(16)22-8-6-21(2)7-9-22/h3-5,10-12,20H,6-9H2,1-2H3,(H,23,24). The maximum atomic E-state index is 11.3. The summed E-state index contributed by atoms with van der Waals surface area (Å²) >= 11 is 1.47. The van der Waals surface area contributed by atoms with E-state index in [1.54, 1.807) is 6.07 Å². The zero-order valence-corrected chi connectivity index (χ0v) is 15.2. The zero-order chi connectivity index (χ0) is 17.8. The molecule has 0 bridgehead atoms. The summed E-state index contributed by atoms with van der Waals surface area (Å²) in [4.78, 5) is 21.3. The summed E-state index contributed by atoms with van der Waals surface area (Å²) < 4.78 is 3.30. The Morgan fingerprint density at radius 2 is 2.00 bits per heavy atom. The highest BCUT2D eigenvalue weighted by Gasteiger charge is 2.20. The molecule has 132 valence electrons. The minimum atomic E-state index is -0.971. The number of rotatable bonds is 5. The number of likely N-dealkylation sites (N-methyl/N-ethyl adjacent to an activating group) is 1. The molecule has 0 unspecified atom stereocenters. The molecule has 0 radical (unpaired) electrons. The van der Waals surface area contributed by atoms with Gasteiger partial charge < -0.3 is 19.6 Å². The fourth-order valence-corrected chi connectivity index (χ4v) is 3.48. The first kappa shape index (κ1) is 17.6. The number of nitrogens with one attached hydrogen (secondary N) is 1. The van der Waals surface area contributed by atoms with Gasteiger partial charge in [-0.15, -0.1) is 0 Å². The molecule has 2 heterocycles. The number of benzene rings is 1. The molecule has 7 heteroatoms. The van der Waals surface area contributed by atoms with Crippen LogP contribution in [0.15, 0.2) is 41.4 Å². The van der Waals surface area contributed by atoms with Gasteiger partial charge in [-0.1, -0.05) is 12.1 Å². The number of aromatic carboxylic acids is 1. The highest BCUT2D eigenvalue weighted by atomic mass is 32.2. The highest BCUT2D eigenvalue weighted by Crippen LogP contribution is 2.30. The summed E-state index contributed by atoms with van der Waals surface area (Å²) in [5.74, 6) is -0.167. The Balaban J connectivity index is 1.83. The van der Waals surface area contributed by atoms with Crippen LogP contribution in [0.2, 0.25) is 0 Å². The number of anilines is 2. The van der Waals surface area contributed by atoms with Gasteiger partial charge in [0.2, 0.25) is 0 Å². The van der Waals surface area contributed by atoms with Crippen molar-refractivity contribution in [3.8, 4) is 0 Å². The lowest BCUT2D eigenvalue weighted by Gasteiger charge is -2.34. The van der Waals surface area contributed by atoms with Crippen LogP contribution in [-0.4, -0.2) is 54.2 Å². The summed E-state index contributed by atoms with van der Waals surface area (Å²) in [6, 6.07) is 9.82. The van der Waals surface area contributed by atoms with E-state index in [2.05, 4.69) is 32.6 Å². The first-order valence-corrected chi connectivity index (χ1v) is 9.01. The SMILES string of the molecule is Cc1cccc(SNc2cc(C(=O)O)cnc2N2CCN(C)CC2)c1. The number of hydrogen-bond donors (Lipinski definition) is 2. The van der Waals surface area contributed by atoms with Crippen molar-refractivity contribution in [3.05, 3.63) is 47.7 Å². The molecule has 0 atom stereocenters. The topological polar surface area (TPSA) is 68.7 Å². The van der Waals surface area contributed by atoms with Gasteiger partial charge in [-0.2, -0.15) is 0 Å². The van der Waals surface area contributed by atoms with Crippen LogP contribution >= 0.6 is 11.9 Å². The summed E-state index contributed by atoms with van der Waals surface area (Å²) in [6.07, 6.45) is 1.43. The van der Waals surface area contributed by atoms with Crippen LogP contribution in [-0.2, 0) is 0 Å². The van der Waals surface area contributed by atoms with Gasteiger partial charge in [-0.25, -0.2) is 9.78 Å². The van der Waals surface area contributed by atoms with Gasteiger partial charge in [0.1, 0.15) is 0 Å². The molecule has 2 N–H and O–H groups in total. The number of aryl methyl sites for hydroxylation is 1. The second-order valence-corrected chi connectivity index (χ2v) is 7.09. The lowest BCUT2D eigenvalue weighted by molar-refractivity contribution is 0.0696. The fourth-order valence-electron chi connectivity index (χ4n) is 2.71. The van der Waals surface area contributed by atoms with Gasteiger partial charge in [0.05, 0.1) is 11.3 Å². The van der Waals surface area contributed by atoms with E-state index in [-0.39, 0.29) is 5.56 Å². The number of carboxylic acid groups (broad SMARTS) is 1. The molecule has 2 aromatic rings. The van der Waals surface area contributed by atoms with Crippen LogP contribution in [0.4, 0.5) is 11.5 Å². The highest BCUT2D eigenvalue weighted by molar-refractivity contribution is 8.00. The number of carboxylic acids is 1. The van der Waals surface area contributed by atoms with Crippen molar-refractivity contribution in [2.45, 2.75) is 11.8 Å². The zero-order valence-electron chi connectivity index (χ0n) is 14.4. The lowest BCUT2D eigenvalue weighted by Crippen LogP contribution is -2.45. The van der Waals surface area contributed by atoms with Gasteiger partial charge in [-0.3, -0.25) is 0 Å². The van der Waals surface area contributed by atoms with E-state index in [9.17, 15) is 9.90 Å². The summed E-state index contributed by atoms with van der Waals surface area (Å²) in [7, 11) is 2.10. The minimum Gasteiger partial charge on any atom is -0.478 e. The Hall–Kier alpha value is -2.25. The van der Waals surface area contributed by atoms with E-state index in [0.717, 1.165) is 42.6 Å². The Labute approximate surface area is 152 Å². The molecule has 6 nitrogen and oxygen atoms in total. The molecular formula is C18H22N4O2S. The summed E-state index contributed by atoms with van der Waals surface area (Å²) in [5.41, 5.74) is 2.10. The maximum Gasteiger partial charge on any atom is 0.337 e. The number of piperazine rings is 1. The van der Waals surface area contributed by atoms with E-state index in [1.165, 1.54) is 23.7 Å². The van der Waals surface area contributed by atoms with Crippen molar-refractivity contribution in [1.29, 1.82) is 0 Å². The van der Waals surface area contributed by atoms with Gasteiger partial charge in [0, 0.05) is 37.3 Å². The molecule has 1 saturated heterocycles. The fraction of sp³-hybridized carbons (Fsp3) is 0.333. The molecule has 25 heavy (non-hydrogen) atoms. The Morgan fingerprint density at radius 1 is 1.24 bits per heavy atom. The van der Waals surface area contributed by atoms with Crippen molar-refractivity contribution in [1.82, 2.24) is 9.88 Å². The van der Waals surface area contributed by atoms with Gasteiger partial charge in [0.15, 0.2) is 5.82 Å². The van der Waals surface area contributed by atoms with Crippen LogP contribution in [0, 0.1) is 6.92 Å². The molecule has 0 spiro atoms. The van der Waals surface area contributed by atoms with Gasteiger partial charge in [0.25, 0.3) is 0 Å². The molecule has 1 aliphatic heterocycles. The molecule has 1 aromatic heterocycles. The Morgan fingerprint density at radius 3 is 2.68 bits per heavy atom. The summed E-state index contributed by atoms with van der Waals surface area (Å²) in [5, 5.41) is 9.27. The maximum absolute atomic E-state index is 11.3. The average molecular weight is 358 g/mol. The smallest absolute Gasteiger partial charge is 0.337 e. The largest absolute Gasteiger partial charge is 0.478 e. The van der Waals surface area contributed by atoms with E-state index >= 15 is 0 Å². The normalized spacial score (nSPS) is 15.2. The molecule has 0 amide bonds. The Bertz CT molecular complexity index is 760. The van der Waals surface area contributed by atoms with Crippen molar-refractivity contribution >= 4 is 29.4 Å². The van der Waals surface area contributed by atoms with E-state index in [1.807, 2.05) is 25.1 Å². The summed E-state index contributed by atoms with van der Waals surface area (Å²) in [6.45, 7) is 5.73. The molecule has 1 fully saturated rings. The third kappa shape index (κ3) is 4.43. The monoisotopic (exact) mass is 358 g/mol. The van der Waals surface area contributed by atoms with Crippen LogP contribution < -0.4 is 9.62 Å². The van der Waals surface area contributed by atoms with Crippen molar-refractivity contribution in [2.24, 2.45) is 0 Å². The first-order valence-electron chi connectivity index (χ1n) is 8.19. The van der Waals surface area contributed by atoms with E-state index in [4.69, 9.17) is 0 Å². The third-order valence-corrected chi connectivity index (χ3v) is 5.00. The molecular weight excluding hydrogens is 336 g/mol. The predicted octanol–water partition coefficient (Wildman–Crippen LogP) is 2.96. The molecule has 1 aromatic carbocycles. The minimum absolute atomic E-state index is 0.185. The number of carbonyl (C=O) groups is 1. The average Bonchev–Trinajstić information content (AvgIpc) is 2.60. The molecule has 0 saturated carbocycles. The van der Waals surface area contributed by atoms with Crippen molar-refractivity contribution in [2.75, 3.05) is 42.8 Å². The lowest BCUT2D eigenvalue weighted by atomic mass is 10.2. The second kappa shape index (κ2) is 7.76. The number of pyridine rings is 1. The van der Waals surface area contributed by atoms with Crippen LogP contribution in [0.3, 0.4) is 0 Å². The van der Waals surface area contributed by atoms with Gasteiger partial charge in [-0.05, 0) is 49.7 Å². The van der Waals surface area contributed by atoms with Crippen LogP contribution in [0.5, 0.6) is 0 Å². The number of aromatic nitrogens is 1. The van der Waals surface area contributed by atoms with Gasteiger partial charge >= 0.3 is 5.97 Å². The first-order chi connectivity index (χ1) is 12.0. The Kier molecular flexibility index (Phi) is 5.45. The van der Waals surface area contributed by atoms with Crippen LogP contribution in [0.25, 0.3) is 0 Å². The number of hydrogen-bond acceptors (Lipinski definition) is 6. The van der Waals surface area contributed by atoms with Crippen molar-refractivity contribution < 1.29 is 9.90 Å².